The fourth-order valence-electron chi connectivity index (χ4n) is 2.71. The van der Waals surface area contributed by atoms with E-state index in [1.165, 1.54) is 4.31 Å². The summed E-state index contributed by atoms with van der Waals surface area (Å²) in [6.07, 6.45) is 1.89. The quantitative estimate of drug-likeness (QED) is 0.779. The fourth-order valence-corrected chi connectivity index (χ4v) is 4.17. The van der Waals surface area contributed by atoms with Crippen LogP contribution in [0.5, 0.6) is 0 Å². The summed E-state index contributed by atoms with van der Waals surface area (Å²) >= 11 is 0. The molecule has 7 heteroatoms. The molecule has 0 aliphatic carbocycles. The van der Waals surface area contributed by atoms with Crippen molar-refractivity contribution in [3.05, 3.63) is 29.8 Å². The standard InChI is InChI=1S/C16H25N3O3S/c1-3-19(4-2)23(21,22)14-9-7-13(8-10-14)12-18-16(20)15-6-5-11-17-15/h7-10,15,17H,3-6,11-12H2,1-2H3,(H,18,20). The predicted octanol–water partition coefficient (Wildman–Crippen LogP) is 1.09. The number of carbonyl (C=O) groups is 1. The molecule has 2 N–H and O–H groups in total. The van der Waals surface area contributed by atoms with Gasteiger partial charge in [0.15, 0.2) is 0 Å². The van der Waals surface area contributed by atoms with Crippen LogP contribution in [0.4, 0.5) is 0 Å². The molecular formula is C16H25N3O3S. The number of rotatable bonds is 7. The molecule has 1 amide bonds. The molecule has 1 aromatic carbocycles. The maximum Gasteiger partial charge on any atom is 0.243 e. The molecule has 1 aliphatic rings. The van der Waals surface area contributed by atoms with Crippen LogP contribution in [0.3, 0.4) is 0 Å². The van der Waals surface area contributed by atoms with E-state index in [1.807, 2.05) is 13.8 Å². The number of hydrogen-bond acceptors (Lipinski definition) is 4. The second kappa shape index (κ2) is 7.90. The first kappa shape index (κ1) is 17.9. The van der Waals surface area contributed by atoms with Crippen molar-refractivity contribution in [3.63, 3.8) is 0 Å². The second-order valence-electron chi connectivity index (χ2n) is 5.60. The van der Waals surface area contributed by atoms with E-state index in [1.54, 1.807) is 24.3 Å². The minimum Gasteiger partial charge on any atom is -0.351 e. The lowest BCUT2D eigenvalue weighted by Crippen LogP contribution is -2.40. The van der Waals surface area contributed by atoms with Crippen LogP contribution in [-0.4, -0.2) is 44.3 Å². The molecule has 1 atom stereocenters. The molecule has 1 aromatic rings. The van der Waals surface area contributed by atoms with Crippen LogP contribution in [-0.2, 0) is 21.4 Å². The zero-order valence-electron chi connectivity index (χ0n) is 13.7. The fraction of sp³-hybridized carbons (Fsp3) is 0.562. The molecule has 128 valence electrons. The van der Waals surface area contributed by atoms with Crippen molar-refractivity contribution >= 4 is 15.9 Å². The van der Waals surface area contributed by atoms with Crippen molar-refractivity contribution in [1.29, 1.82) is 0 Å². The van der Waals surface area contributed by atoms with Gasteiger partial charge in [0.25, 0.3) is 0 Å². The van der Waals surface area contributed by atoms with E-state index in [-0.39, 0.29) is 16.8 Å². The van der Waals surface area contributed by atoms with E-state index in [2.05, 4.69) is 10.6 Å². The van der Waals surface area contributed by atoms with Crippen LogP contribution in [0.15, 0.2) is 29.2 Å². The Bertz CT molecular complexity index is 618. The zero-order chi connectivity index (χ0) is 16.9. The zero-order valence-corrected chi connectivity index (χ0v) is 14.5. The molecule has 1 aliphatic heterocycles. The van der Waals surface area contributed by atoms with Gasteiger partial charge in [0, 0.05) is 19.6 Å². The minimum absolute atomic E-state index is 0.00217. The molecule has 1 saturated heterocycles. The van der Waals surface area contributed by atoms with Gasteiger partial charge in [0.05, 0.1) is 10.9 Å². The highest BCUT2D eigenvalue weighted by molar-refractivity contribution is 7.89. The Balaban J connectivity index is 1.98. The summed E-state index contributed by atoms with van der Waals surface area (Å²) in [6.45, 7) is 5.83. The highest BCUT2D eigenvalue weighted by atomic mass is 32.2. The molecule has 1 heterocycles. The van der Waals surface area contributed by atoms with Gasteiger partial charge in [-0.2, -0.15) is 4.31 Å². The van der Waals surface area contributed by atoms with Gasteiger partial charge in [-0.25, -0.2) is 8.42 Å². The number of sulfonamides is 1. The summed E-state index contributed by atoms with van der Waals surface area (Å²) in [5.74, 6) is 0.00217. The first-order valence-electron chi connectivity index (χ1n) is 8.09. The Morgan fingerprint density at radius 3 is 2.43 bits per heavy atom. The molecule has 23 heavy (non-hydrogen) atoms. The van der Waals surface area contributed by atoms with E-state index in [0.29, 0.717) is 19.6 Å². The van der Waals surface area contributed by atoms with Crippen molar-refractivity contribution in [2.24, 2.45) is 0 Å². The number of hydrogen-bond donors (Lipinski definition) is 2. The normalized spacial score (nSPS) is 18.3. The van der Waals surface area contributed by atoms with E-state index in [0.717, 1.165) is 24.9 Å². The van der Waals surface area contributed by atoms with Gasteiger partial charge in [-0.15, -0.1) is 0 Å². The van der Waals surface area contributed by atoms with Crippen molar-refractivity contribution in [2.45, 2.75) is 44.2 Å². The third-order valence-electron chi connectivity index (χ3n) is 4.11. The van der Waals surface area contributed by atoms with Gasteiger partial charge in [-0.1, -0.05) is 26.0 Å². The summed E-state index contributed by atoms with van der Waals surface area (Å²) in [7, 11) is -3.43. The van der Waals surface area contributed by atoms with Crippen LogP contribution in [0.2, 0.25) is 0 Å². The molecule has 0 bridgehead atoms. The Morgan fingerprint density at radius 2 is 1.91 bits per heavy atom. The average molecular weight is 339 g/mol. The van der Waals surface area contributed by atoms with Crippen LogP contribution < -0.4 is 10.6 Å². The van der Waals surface area contributed by atoms with Crippen LogP contribution in [0.25, 0.3) is 0 Å². The number of nitrogens with one attached hydrogen (secondary N) is 2. The molecule has 0 aromatic heterocycles. The second-order valence-corrected chi connectivity index (χ2v) is 7.54. The van der Waals surface area contributed by atoms with Crippen molar-refractivity contribution in [2.75, 3.05) is 19.6 Å². The minimum atomic E-state index is -3.43. The third-order valence-corrected chi connectivity index (χ3v) is 6.17. The molecular weight excluding hydrogens is 314 g/mol. The maximum atomic E-state index is 12.4. The van der Waals surface area contributed by atoms with Crippen LogP contribution in [0, 0.1) is 0 Å². The highest BCUT2D eigenvalue weighted by Crippen LogP contribution is 2.16. The summed E-state index contributed by atoms with van der Waals surface area (Å²) in [4.78, 5) is 12.2. The smallest absolute Gasteiger partial charge is 0.243 e. The molecule has 0 spiro atoms. The first-order chi connectivity index (χ1) is 11.0. The lowest BCUT2D eigenvalue weighted by atomic mass is 10.2. The molecule has 1 unspecified atom stereocenters. The monoisotopic (exact) mass is 339 g/mol. The van der Waals surface area contributed by atoms with Gasteiger partial charge in [-0.3, -0.25) is 4.79 Å². The molecule has 1 fully saturated rings. The largest absolute Gasteiger partial charge is 0.351 e. The third kappa shape index (κ3) is 4.31. The lowest BCUT2D eigenvalue weighted by Gasteiger charge is -2.18. The number of benzene rings is 1. The van der Waals surface area contributed by atoms with Crippen LogP contribution >= 0.6 is 0 Å². The highest BCUT2D eigenvalue weighted by Gasteiger charge is 2.22. The predicted molar refractivity (Wildman–Crippen MR) is 89.4 cm³/mol. The number of nitrogens with zero attached hydrogens (tertiary/aromatic N) is 1. The van der Waals surface area contributed by atoms with E-state index < -0.39 is 10.0 Å². The van der Waals surface area contributed by atoms with E-state index in [9.17, 15) is 13.2 Å². The Kier molecular flexibility index (Phi) is 6.15. The Hall–Kier alpha value is -1.44. The van der Waals surface area contributed by atoms with Gasteiger partial charge < -0.3 is 10.6 Å². The molecule has 2 rings (SSSR count). The molecule has 6 nitrogen and oxygen atoms in total. The summed E-state index contributed by atoms with van der Waals surface area (Å²) in [6, 6.07) is 6.60. The van der Waals surface area contributed by atoms with Crippen molar-refractivity contribution in [1.82, 2.24) is 14.9 Å². The van der Waals surface area contributed by atoms with Gasteiger partial charge in [-0.05, 0) is 37.1 Å². The van der Waals surface area contributed by atoms with Crippen LogP contribution in [0.1, 0.15) is 32.3 Å². The SMILES string of the molecule is CCN(CC)S(=O)(=O)c1ccc(CNC(=O)C2CCCN2)cc1. The number of amides is 1. The maximum absolute atomic E-state index is 12.4. The van der Waals surface area contributed by atoms with E-state index in [4.69, 9.17) is 0 Å². The average Bonchev–Trinajstić information content (AvgIpc) is 3.08. The van der Waals surface area contributed by atoms with Crippen molar-refractivity contribution in [3.8, 4) is 0 Å². The van der Waals surface area contributed by atoms with Crippen molar-refractivity contribution < 1.29 is 13.2 Å². The molecule has 0 saturated carbocycles. The Labute approximate surface area is 138 Å². The molecule has 0 radical (unpaired) electrons. The summed E-state index contributed by atoms with van der Waals surface area (Å²) < 4.78 is 26.2. The van der Waals surface area contributed by atoms with Gasteiger partial charge in [0.1, 0.15) is 0 Å². The first-order valence-corrected chi connectivity index (χ1v) is 9.53. The van der Waals surface area contributed by atoms with Gasteiger partial charge in [0.2, 0.25) is 15.9 Å². The van der Waals surface area contributed by atoms with E-state index >= 15 is 0 Å². The summed E-state index contributed by atoms with van der Waals surface area (Å²) in [5.41, 5.74) is 0.884. The number of carbonyl (C=O) groups excluding carboxylic acids is 1. The topological polar surface area (TPSA) is 78.5 Å². The summed E-state index contributed by atoms with van der Waals surface area (Å²) in [5, 5.41) is 6.03. The van der Waals surface area contributed by atoms with Gasteiger partial charge >= 0.3 is 0 Å². The lowest BCUT2D eigenvalue weighted by molar-refractivity contribution is -0.122. The Morgan fingerprint density at radius 1 is 1.26 bits per heavy atom.